The van der Waals surface area contributed by atoms with Crippen LogP contribution < -0.4 is 10.1 Å². The Labute approximate surface area is 110 Å². The molecule has 1 aromatic rings. The Kier molecular flexibility index (Phi) is 6.05. The van der Waals surface area contributed by atoms with E-state index in [1.165, 1.54) is 0 Å². The van der Waals surface area contributed by atoms with E-state index in [0.717, 1.165) is 18.7 Å². The van der Waals surface area contributed by atoms with Gasteiger partial charge in [-0.05, 0) is 26.3 Å². The van der Waals surface area contributed by atoms with Gasteiger partial charge in [0.25, 0.3) is 0 Å². The molecule has 0 fully saturated rings. The summed E-state index contributed by atoms with van der Waals surface area (Å²) in [6, 6.07) is 2.38. The third-order valence-electron chi connectivity index (χ3n) is 2.76. The predicted molar refractivity (Wildman–Crippen MR) is 73.8 cm³/mol. The van der Waals surface area contributed by atoms with Gasteiger partial charge in [0.15, 0.2) is 0 Å². The summed E-state index contributed by atoms with van der Waals surface area (Å²) in [7, 11) is 0. The van der Waals surface area contributed by atoms with Gasteiger partial charge in [-0.3, -0.25) is 0 Å². The largest absolute Gasteiger partial charge is 0.475 e. The second kappa shape index (κ2) is 7.31. The molecule has 1 rings (SSSR count). The Balaban J connectivity index is 2.70. The van der Waals surface area contributed by atoms with Crippen molar-refractivity contribution in [3.63, 3.8) is 0 Å². The maximum absolute atomic E-state index is 5.59. The molecule has 1 heterocycles. The molecule has 0 saturated carbocycles. The zero-order chi connectivity index (χ0) is 13.5. The number of aromatic nitrogens is 2. The van der Waals surface area contributed by atoms with E-state index < -0.39 is 0 Å². The van der Waals surface area contributed by atoms with Crippen molar-refractivity contribution in [1.82, 2.24) is 15.3 Å². The van der Waals surface area contributed by atoms with Crippen LogP contribution in [-0.2, 0) is 6.42 Å². The Hall–Kier alpha value is -1.16. The number of rotatable bonds is 7. The first kappa shape index (κ1) is 14.9. The molecule has 0 bridgehead atoms. The molecule has 4 nitrogen and oxygen atoms in total. The second-order valence-electron chi connectivity index (χ2n) is 5.13. The van der Waals surface area contributed by atoms with Crippen LogP contribution in [0.15, 0.2) is 12.4 Å². The van der Waals surface area contributed by atoms with Crippen molar-refractivity contribution in [3.8, 4) is 5.88 Å². The lowest BCUT2D eigenvalue weighted by Gasteiger charge is -2.21. The van der Waals surface area contributed by atoms with E-state index >= 15 is 0 Å². The van der Waals surface area contributed by atoms with E-state index in [9.17, 15) is 0 Å². The third-order valence-corrected chi connectivity index (χ3v) is 2.76. The summed E-state index contributed by atoms with van der Waals surface area (Å²) >= 11 is 0. The Morgan fingerprint density at radius 2 is 1.94 bits per heavy atom. The average Bonchev–Trinajstić information content (AvgIpc) is 2.28. The van der Waals surface area contributed by atoms with Gasteiger partial charge in [-0.1, -0.05) is 20.8 Å². The molecular formula is C14H25N3O. The SMILES string of the molecule is CCNC(Cc1cc(OC(C)C)ncn1)C(C)C. The lowest BCUT2D eigenvalue weighted by Crippen LogP contribution is -2.35. The first-order valence-electron chi connectivity index (χ1n) is 6.73. The maximum Gasteiger partial charge on any atom is 0.216 e. The molecule has 0 aliphatic heterocycles. The minimum absolute atomic E-state index is 0.141. The maximum atomic E-state index is 5.59. The second-order valence-corrected chi connectivity index (χ2v) is 5.13. The summed E-state index contributed by atoms with van der Waals surface area (Å²) < 4.78 is 5.59. The van der Waals surface area contributed by atoms with E-state index in [2.05, 4.69) is 36.1 Å². The summed E-state index contributed by atoms with van der Waals surface area (Å²) in [5.74, 6) is 1.24. The fourth-order valence-corrected chi connectivity index (χ4v) is 1.83. The van der Waals surface area contributed by atoms with Gasteiger partial charge in [0, 0.05) is 24.2 Å². The van der Waals surface area contributed by atoms with Crippen molar-refractivity contribution in [1.29, 1.82) is 0 Å². The minimum Gasteiger partial charge on any atom is -0.475 e. The zero-order valence-corrected chi connectivity index (χ0v) is 12.1. The third kappa shape index (κ3) is 5.00. The van der Waals surface area contributed by atoms with Gasteiger partial charge in [-0.25, -0.2) is 9.97 Å². The Bertz CT molecular complexity index is 353. The topological polar surface area (TPSA) is 47.0 Å². The van der Waals surface area contributed by atoms with Crippen molar-refractivity contribution < 1.29 is 4.74 Å². The number of nitrogens with zero attached hydrogens (tertiary/aromatic N) is 2. The highest BCUT2D eigenvalue weighted by molar-refractivity contribution is 5.14. The molecule has 0 saturated heterocycles. The summed E-state index contributed by atoms with van der Waals surface area (Å²) in [6.07, 6.45) is 2.63. The van der Waals surface area contributed by atoms with Gasteiger partial charge in [0.1, 0.15) is 6.33 Å². The molecule has 0 aliphatic carbocycles. The summed E-state index contributed by atoms with van der Waals surface area (Å²) in [4.78, 5) is 8.44. The number of hydrogen-bond donors (Lipinski definition) is 1. The molecule has 1 unspecified atom stereocenters. The van der Waals surface area contributed by atoms with Crippen LogP contribution in [0.4, 0.5) is 0 Å². The van der Waals surface area contributed by atoms with Crippen LogP contribution in [0.25, 0.3) is 0 Å². The highest BCUT2D eigenvalue weighted by Gasteiger charge is 2.14. The van der Waals surface area contributed by atoms with Crippen LogP contribution in [0.1, 0.15) is 40.3 Å². The highest BCUT2D eigenvalue weighted by atomic mass is 16.5. The van der Waals surface area contributed by atoms with Crippen LogP contribution in [0.2, 0.25) is 0 Å². The molecule has 0 radical (unpaired) electrons. The highest BCUT2D eigenvalue weighted by Crippen LogP contribution is 2.13. The Morgan fingerprint density at radius 1 is 1.22 bits per heavy atom. The van der Waals surface area contributed by atoms with E-state index in [4.69, 9.17) is 4.74 Å². The fourth-order valence-electron chi connectivity index (χ4n) is 1.83. The molecule has 0 aromatic carbocycles. The summed E-state index contributed by atoms with van der Waals surface area (Å²) in [5.41, 5.74) is 1.03. The van der Waals surface area contributed by atoms with Crippen molar-refractivity contribution in [2.45, 2.75) is 53.2 Å². The monoisotopic (exact) mass is 251 g/mol. The predicted octanol–water partition coefficient (Wildman–Crippen LogP) is 2.44. The standard InChI is InChI=1S/C14H25N3O/c1-6-15-13(10(2)3)7-12-8-14(17-9-16-12)18-11(4)5/h8-11,13,15H,6-7H2,1-5H3. The zero-order valence-electron chi connectivity index (χ0n) is 12.1. The molecular weight excluding hydrogens is 226 g/mol. The lowest BCUT2D eigenvalue weighted by molar-refractivity contribution is 0.231. The van der Waals surface area contributed by atoms with E-state index in [1.807, 2.05) is 19.9 Å². The van der Waals surface area contributed by atoms with E-state index in [1.54, 1.807) is 6.33 Å². The van der Waals surface area contributed by atoms with Gasteiger partial charge in [0.2, 0.25) is 5.88 Å². The van der Waals surface area contributed by atoms with Crippen molar-refractivity contribution in [2.75, 3.05) is 6.54 Å². The molecule has 0 spiro atoms. The van der Waals surface area contributed by atoms with Gasteiger partial charge in [0.05, 0.1) is 6.10 Å². The quantitative estimate of drug-likeness (QED) is 0.808. The molecule has 0 amide bonds. The van der Waals surface area contributed by atoms with Gasteiger partial charge < -0.3 is 10.1 Å². The van der Waals surface area contributed by atoms with Crippen molar-refractivity contribution in [2.24, 2.45) is 5.92 Å². The minimum atomic E-state index is 0.141. The summed E-state index contributed by atoms with van der Waals surface area (Å²) in [6.45, 7) is 11.5. The van der Waals surface area contributed by atoms with Crippen LogP contribution in [0.5, 0.6) is 5.88 Å². The fraction of sp³-hybridized carbons (Fsp3) is 0.714. The lowest BCUT2D eigenvalue weighted by atomic mass is 9.99. The molecule has 1 N–H and O–H groups in total. The first-order chi connectivity index (χ1) is 8.52. The molecule has 1 aromatic heterocycles. The van der Waals surface area contributed by atoms with Crippen LogP contribution >= 0.6 is 0 Å². The van der Waals surface area contributed by atoms with Gasteiger partial charge >= 0.3 is 0 Å². The number of likely N-dealkylation sites (N-methyl/N-ethyl adjacent to an activating group) is 1. The van der Waals surface area contributed by atoms with Gasteiger partial charge in [-0.2, -0.15) is 0 Å². The van der Waals surface area contributed by atoms with Crippen molar-refractivity contribution in [3.05, 3.63) is 18.1 Å². The van der Waals surface area contributed by atoms with Crippen molar-refractivity contribution >= 4 is 0 Å². The first-order valence-corrected chi connectivity index (χ1v) is 6.73. The van der Waals surface area contributed by atoms with E-state index in [-0.39, 0.29) is 6.10 Å². The summed E-state index contributed by atoms with van der Waals surface area (Å²) in [5, 5.41) is 3.49. The van der Waals surface area contributed by atoms with Crippen LogP contribution in [0.3, 0.4) is 0 Å². The van der Waals surface area contributed by atoms with Crippen LogP contribution in [-0.4, -0.2) is 28.7 Å². The number of ether oxygens (including phenoxy) is 1. The Morgan fingerprint density at radius 3 is 2.50 bits per heavy atom. The molecule has 4 heteroatoms. The number of hydrogen-bond acceptors (Lipinski definition) is 4. The molecule has 0 aliphatic rings. The normalized spacial score (nSPS) is 13.1. The van der Waals surface area contributed by atoms with Gasteiger partial charge in [-0.15, -0.1) is 0 Å². The molecule has 1 atom stereocenters. The molecule has 18 heavy (non-hydrogen) atoms. The smallest absolute Gasteiger partial charge is 0.216 e. The molecule has 102 valence electrons. The van der Waals surface area contributed by atoms with E-state index in [0.29, 0.717) is 17.8 Å². The number of nitrogens with one attached hydrogen (secondary N) is 1. The van der Waals surface area contributed by atoms with Crippen LogP contribution in [0, 0.1) is 5.92 Å². The average molecular weight is 251 g/mol.